The van der Waals surface area contributed by atoms with Gasteiger partial charge in [0.1, 0.15) is 47.3 Å². The number of aromatic nitrogens is 3. The molecule has 3 aliphatic heterocycles. The van der Waals surface area contributed by atoms with Crippen molar-refractivity contribution < 1.29 is 65.2 Å². The van der Waals surface area contributed by atoms with Crippen molar-refractivity contribution in [1.82, 2.24) is 30.9 Å². The maximum Gasteiger partial charge on any atom is 0.338 e. The molecule has 0 bridgehead atoms. The predicted molar refractivity (Wildman–Crippen MR) is 328 cm³/mol. The van der Waals surface area contributed by atoms with Crippen molar-refractivity contribution in [2.24, 2.45) is 20.7 Å². The number of carboxylic acid groups (broad SMARTS) is 1. The molecule has 464 valence electrons. The zero-order valence-corrected chi connectivity index (χ0v) is 52.6. The Morgan fingerprint density at radius 3 is 1.48 bits per heavy atom. The molecule has 3 atom stereocenters. The molecule has 8 rings (SSSR count). The van der Waals surface area contributed by atoms with Gasteiger partial charge in [0.05, 0.1) is 36.5 Å². The molecular weight excluding hydrogens is 1260 g/mol. The standard InChI is InChI=1S/C18H19BrFN3O2S.C18H19FN4O2S.C18H18FN3O2S.C5H8F2O3/c1-5-25-17(24)14-13(10-19)22-15(16-21-8-9-26-16)23-18(14,4)11(2)6-7-12(3)20;1-3-25-17(24)14-13(10-20)22-15(16-21-8-9-26-16)23-18(14,2)11-4-6-12(19)7-5-11;1-4-24-17(23)14-11(2)21-15(16-20-9-10-25-16)22-18(14,3)12-5-7-13(19)8-6-12;1-5(6,7)3-10-2-4(8)9/h6-9H,2-3,5,10H2,1,4H3,(H,22,23);4-9H,3,10,20H2,1-2H3,(H,22,23);5-10H,4H2,1-3H3,(H,21,22);2-3H2,1H3,(H,8,9)/b7-6-;;;. The normalized spacial score (nSPS) is 19.0. The number of halogens is 6. The Hall–Kier alpha value is -7.89. The molecule has 6 heterocycles. The van der Waals surface area contributed by atoms with Gasteiger partial charge in [0.15, 0.2) is 32.5 Å². The number of alkyl halides is 3. The molecule has 0 fully saturated rings. The van der Waals surface area contributed by atoms with Gasteiger partial charge in [0, 0.05) is 70.6 Å². The van der Waals surface area contributed by atoms with E-state index in [0.29, 0.717) is 90.3 Å². The van der Waals surface area contributed by atoms with Crippen LogP contribution in [0, 0.1) is 11.6 Å². The molecule has 3 aromatic heterocycles. The van der Waals surface area contributed by atoms with Crippen LogP contribution in [0.5, 0.6) is 0 Å². The van der Waals surface area contributed by atoms with E-state index in [1.165, 1.54) is 70.4 Å². The number of amidine groups is 3. The lowest BCUT2D eigenvalue weighted by Gasteiger charge is -2.34. The zero-order valence-electron chi connectivity index (χ0n) is 48.6. The van der Waals surface area contributed by atoms with E-state index < -0.39 is 65.5 Å². The number of nitrogens with one attached hydrogen (secondary N) is 3. The van der Waals surface area contributed by atoms with Crippen molar-refractivity contribution in [3.63, 3.8) is 0 Å². The van der Waals surface area contributed by atoms with Crippen LogP contribution >= 0.6 is 49.9 Å². The number of allylic oxidation sites excluding steroid dienone is 4. The molecule has 28 heteroatoms. The minimum absolute atomic E-state index is 0.0926. The largest absolute Gasteiger partial charge is 0.480 e. The van der Waals surface area contributed by atoms with Crippen molar-refractivity contribution in [2.45, 2.75) is 77.9 Å². The van der Waals surface area contributed by atoms with E-state index in [2.05, 4.69) is 69.7 Å². The number of esters is 3. The predicted octanol–water partition coefficient (Wildman–Crippen LogP) is 10.5. The fourth-order valence-electron chi connectivity index (χ4n) is 8.58. The third kappa shape index (κ3) is 18.3. The Balaban J connectivity index is 0.000000221. The van der Waals surface area contributed by atoms with Crippen molar-refractivity contribution in [3.8, 4) is 0 Å². The number of aliphatic imine (C=N–C) groups is 3. The number of carbonyl (C=O) groups excluding carboxylic acids is 3. The number of nitrogens with two attached hydrogens (primary N) is 1. The number of ether oxygens (including phenoxy) is 4. The Bertz CT molecular complexity index is 3480. The summed E-state index contributed by atoms with van der Waals surface area (Å²) in [6.07, 6.45) is 7.68. The summed E-state index contributed by atoms with van der Waals surface area (Å²) in [6.45, 7) is 19.5. The maximum absolute atomic E-state index is 13.4. The minimum atomic E-state index is -2.95. The number of carbonyl (C=O) groups is 4. The third-order valence-corrected chi connectivity index (χ3v) is 15.4. The second kappa shape index (κ2) is 31.7. The summed E-state index contributed by atoms with van der Waals surface area (Å²) in [5.41, 5.74) is 7.24. The number of rotatable bonds is 20. The van der Waals surface area contributed by atoms with Gasteiger partial charge in [-0.3, -0.25) is 0 Å². The number of benzene rings is 2. The van der Waals surface area contributed by atoms with Crippen molar-refractivity contribution in [2.75, 3.05) is 44.9 Å². The van der Waals surface area contributed by atoms with Crippen LogP contribution < -0.4 is 21.7 Å². The molecule has 87 heavy (non-hydrogen) atoms. The van der Waals surface area contributed by atoms with E-state index in [-0.39, 0.29) is 38.0 Å². The first-order valence-electron chi connectivity index (χ1n) is 26.4. The summed E-state index contributed by atoms with van der Waals surface area (Å²) in [4.78, 5) is 74.6. The summed E-state index contributed by atoms with van der Waals surface area (Å²) in [7, 11) is 0. The van der Waals surface area contributed by atoms with Gasteiger partial charge in [0.25, 0.3) is 5.92 Å². The van der Waals surface area contributed by atoms with Gasteiger partial charge >= 0.3 is 23.9 Å². The van der Waals surface area contributed by atoms with Gasteiger partial charge in [-0.05, 0) is 95.5 Å². The molecule has 0 amide bonds. The Labute approximate surface area is 519 Å². The Morgan fingerprint density at radius 2 is 1.09 bits per heavy atom. The second-order valence-corrected chi connectivity index (χ2v) is 22.2. The molecule has 3 unspecified atom stereocenters. The number of aliphatic carboxylic acids is 1. The third-order valence-electron chi connectivity index (χ3n) is 12.5. The first kappa shape index (κ1) is 69.9. The minimum Gasteiger partial charge on any atom is -0.480 e. The molecule has 2 aromatic carbocycles. The first-order valence-corrected chi connectivity index (χ1v) is 30.1. The maximum atomic E-state index is 13.4. The first-order chi connectivity index (χ1) is 41.2. The molecule has 6 N–H and O–H groups in total. The molecule has 19 nitrogen and oxygen atoms in total. The fourth-order valence-corrected chi connectivity index (χ4v) is 10.7. The van der Waals surface area contributed by atoms with Crippen LogP contribution in [0.15, 0.2) is 169 Å². The van der Waals surface area contributed by atoms with Gasteiger partial charge < -0.3 is 45.7 Å². The molecule has 0 saturated carbocycles. The second-order valence-electron chi connectivity index (χ2n) is 19.0. The highest BCUT2D eigenvalue weighted by atomic mass is 79.9. The average molecular weight is 1330 g/mol. The zero-order chi connectivity index (χ0) is 64.3. The van der Waals surface area contributed by atoms with Crippen LogP contribution in [0.25, 0.3) is 0 Å². The van der Waals surface area contributed by atoms with E-state index in [0.717, 1.165) is 5.01 Å². The number of hydrogen-bond donors (Lipinski definition) is 5. The summed E-state index contributed by atoms with van der Waals surface area (Å²) in [6, 6.07) is 11.9. The monoisotopic (exact) mass is 1330 g/mol. The van der Waals surface area contributed by atoms with Crippen molar-refractivity contribution >= 4 is 91.3 Å². The Morgan fingerprint density at radius 1 is 0.678 bits per heavy atom. The van der Waals surface area contributed by atoms with Crippen LogP contribution in [0.4, 0.5) is 22.0 Å². The van der Waals surface area contributed by atoms with E-state index in [4.69, 9.17) is 35.0 Å². The highest BCUT2D eigenvalue weighted by molar-refractivity contribution is 9.09. The van der Waals surface area contributed by atoms with Crippen LogP contribution in [0.3, 0.4) is 0 Å². The number of thiazole rings is 3. The molecular formula is C59H64BrF5N10O9S3. The van der Waals surface area contributed by atoms with Gasteiger partial charge in [-0.25, -0.2) is 71.1 Å². The number of hydrogen-bond acceptors (Lipinski definition) is 21. The fraction of sp³-hybridized carbons (Fsp3) is 0.322. The quantitative estimate of drug-likeness (QED) is 0.0159. The topological polar surface area (TPSA) is 263 Å². The molecule has 0 spiro atoms. The highest BCUT2D eigenvalue weighted by Gasteiger charge is 2.45. The van der Waals surface area contributed by atoms with E-state index in [9.17, 15) is 41.1 Å². The van der Waals surface area contributed by atoms with Crippen LogP contribution in [0.2, 0.25) is 0 Å². The van der Waals surface area contributed by atoms with Crippen LogP contribution in [-0.2, 0) is 49.2 Å². The molecule has 0 saturated heterocycles. The summed E-state index contributed by atoms with van der Waals surface area (Å²) < 4.78 is 83.4. The highest BCUT2D eigenvalue weighted by Crippen LogP contribution is 2.41. The van der Waals surface area contributed by atoms with Gasteiger partial charge in [-0.1, -0.05) is 59.4 Å². The SMILES string of the molecule is C=C(F)/C=C\C(=C)C1(C)N=C(c2nccs2)NC(CBr)=C1C(=O)OCC.CC(F)(F)COCC(=O)O.CCOC(=O)C1=C(C)NC(c2nccs2)=NC1(C)c1ccc(F)cc1.CCOC(=O)C1=C(CN)NC(c2nccs2)=NC1(C)c1ccc(F)cc1. The van der Waals surface area contributed by atoms with E-state index in [1.807, 2.05) is 23.1 Å². The molecule has 0 aliphatic carbocycles. The molecule has 5 aromatic rings. The lowest BCUT2D eigenvalue weighted by molar-refractivity contribution is -0.146. The van der Waals surface area contributed by atoms with Gasteiger partial charge in [0.2, 0.25) is 0 Å². The number of carboxylic acids is 1. The molecule has 3 aliphatic rings. The van der Waals surface area contributed by atoms with Crippen LogP contribution in [-0.4, -0.2) is 118 Å². The summed E-state index contributed by atoms with van der Waals surface area (Å²) in [5.74, 6) is -5.37. The Kier molecular flexibility index (Phi) is 25.4. The number of nitrogens with zero attached hydrogens (tertiary/aromatic N) is 6. The summed E-state index contributed by atoms with van der Waals surface area (Å²) >= 11 is 7.68. The lowest BCUT2D eigenvalue weighted by Crippen LogP contribution is -2.44. The van der Waals surface area contributed by atoms with E-state index >= 15 is 0 Å². The van der Waals surface area contributed by atoms with Crippen molar-refractivity contribution in [1.29, 1.82) is 0 Å². The van der Waals surface area contributed by atoms with Gasteiger partial charge in [-0.15, -0.1) is 34.0 Å². The molecule has 0 radical (unpaired) electrons. The van der Waals surface area contributed by atoms with Crippen LogP contribution in [0.1, 0.15) is 81.5 Å². The van der Waals surface area contributed by atoms with E-state index in [1.54, 1.807) is 84.4 Å². The smallest absolute Gasteiger partial charge is 0.338 e. The lowest BCUT2D eigenvalue weighted by atomic mass is 9.82. The van der Waals surface area contributed by atoms with Gasteiger partial charge in [-0.2, -0.15) is 0 Å². The average Bonchev–Trinajstić information content (AvgIpc) is 1.34. The summed E-state index contributed by atoms with van der Waals surface area (Å²) in [5, 5.41) is 25.3. The van der Waals surface area contributed by atoms with Crippen molar-refractivity contribution in [3.05, 3.63) is 192 Å².